The van der Waals surface area contributed by atoms with Crippen LogP contribution in [0, 0.1) is 0 Å². The van der Waals surface area contributed by atoms with Gasteiger partial charge in [-0.1, -0.05) is 6.07 Å². The molecule has 1 aromatic heterocycles. The normalized spacial score (nSPS) is 14.0. The number of nitrogens with one attached hydrogen (secondary N) is 1. The van der Waals surface area contributed by atoms with Crippen molar-refractivity contribution in [2.45, 2.75) is 13.0 Å². The number of carbonyl (C=O) groups is 1. The maximum atomic E-state index is 11.5. The van der Waals surface area contributed by atoms with E-state index in [2.05, 4.69) is 10.3 Å². The smallest absolute Gasteiger partial charge is 0.333 e. The molecule has 0 fully saturated rings. The third kappa shape index (κ3) is 4.57. The molecule has 1 aromatic carbocycles. The van der Waals surface area contributed by atoms with E-state index >= 15 is 0 Å². The molecule has 0 spiro atoms. The van der Waals surface area contributed by atoms with Gasteiger partial charge >= 0.3 is 5.97 Å². The summed E-state index contributed by atoms with van der Waals surface area (Å²) in [6, 6.07) is 10.9. The number of nitrogens with zero attached hydrogens (tertiary/aromatic N) is 1. The maximum Gasteiger partial charge on any atom is 0.333 e. The zero-order valence-corrected chi connectivity index (χ0v) is 15.3. The summed E-state index contributed by atoms with van der Waals surface area (Å²) in [6.07, 6.45) is 0.616. The van der Waals surface area contributed by atoms with Crippen LogP contribution in [0.15, 0.2) is 42.0 Å². The Bertz CT molecular complexity index is 841. The molecule has 1 aliphatic rings. The number of carboxylic acids is 1. The van der Waals surface area contributed by atoms with Crippen molar-refractivity contribution in [3.8, 4) is 17.4 Å². The highest BCUT2D eigenvalue weighted by Gasteiger charge is 2.20. The predicted octanol–water partition coefficient (Wildman–Crippen LogP) is 2.51. The lowest BCUT2D eigenvalue weighted by Gasteiger charge is -2.18. The Morgan fingerprint density at radius 1 is 1.19 bits per heavy atom. The number of hydrogen-bond donors (Lipinski definition) is 2. The van der Waals surface area contributed by atoms with Crippen molar-refractivity contribution in [1.82, 2.24) is 10.3 Å². The summed E-state index contributed by atoms with van der Waals surface area (Å²) in [6.45, 7) is 1.35. The van der Waals surface area contributed by atoms with Crippen LogP contribution in [0.25, 0.3) is 5.57 Å². The van der Waals surface area contributed by atoms with Crippen molar-refractivity contribution in [2.24, 2.45) is 0 Å². The van der Waals surface area contributed by atoms with Crippen LogP contribution in [0.4, 0.5) is 0 Å². The van der Waals surface area contributed by atoms with Gasteiger partial charge in [0, 0.05) is 18.7 Å². The SMILES string of the molecule is COc1cc(COc2cccc(C3=C(C(=O)O)CNCC3)n2)cc(OC)c1. The fourth-order valence-corrected chi connectivity index (χ4v) is 2.94. The molecule has 1 aliphatic heterocycles. The first kappa shape index (κ1) is 18.7. The fraction of sp³-hybridized carbons (Fsp3) is 0.300. The van der Waals surface area contributed by atoms with E-state index in [1.54, 1.807) is 26.4 Å². The Labute approximate surface area is 157 Å². The molecule has 2 heterocycles. The molecule has 27 heavy (non-hydrogen) atoms. The summed E-state index contributed by atoms with van der Waals surface area (Å²) in [4.78, 5) is 16.0. The lowest BCUT2D eigenvalue weighted by atomic mass is 9.98. The Balaban J connectivity index is 1.80. The van der Waals surface area contributed by atoms with Gasteiger partial charge in [-0.2, -0.15) is 0 Å². The summed E-state index contributed by atoms with van der Waals surface area (Å²) in [5, 5.41) is 12.5. The maximum absolute atomic E-state index is 11.5. The molecule has 0 atom stereocenters. The monoisotopic (exact) mass is 370 g/mol. The van der Waals surface area contributed by atoms with Crippen LogP contribution in [0.1, 0.15) is 17.7 Å². The van der Waals surface area contributed by atoms with E-state index in [-0.39, 0.29) is 6.61 Å². The molecule has 3 rings (SSSR count). The van der Waals surface area contributed by atoms with Crippen molar-refractivity contribution in [2.75, 3.05) is 27.3 Å². The van der Waals surface area contributed by atoms with Gasteiger partial charge in [-0.3, -0.25) is 0 Å². The van der Waals surface area contributed by atoms with Crippen LogP contribution >= 0.6 is 0 Å². The van der Waals surface area contributed by atoms with E-state index in [9.17, 15) is 9.90 Å². The second kappa shape index (κ2) is 8.55. The second-order valence-electron chi connectivity index (χ2n) is 6.06. The van der Waals surface area contributed by atoms with Gasteiger partial charge in [0.05, 0.1) is 25.5 Å². The predicted molar refractivity (Wildman–Crippen MR) is 100 cm³/mol. The molecule has 2 N–H and O–H groups in total. The molecule has 0 radical (unpaired) electrons. The van der Waals surface area contributed by atoms with Gasteiger partial charge in [0.1, 0.15) is 18.1 Å². The molecule has 0 saturated carbocycles. The summed E-state index contributed by atoms with van der Waals surface area (Å²) < 4.78 is 16.3. The van der Waals surface area contributed by atoms with Gasteiger partial charge in [-0.15, -0.1) is 0 Å². The van der Waals surface area contributed by atoms with Crippen molar-refractivity contribution in [3.63, 3.8) is 0 Å². The van der Waals surface area contributed by atoms with Crippen molar-refractivity contribution < 1.29 is 24.1 Å². The number of pyridine rings is 1. The second-order valence-corrected chi connectivity index (χ2v) is 6.06. The number of carboxylic acid groups (broad SMARTS) is 1. The lowest BCUT2D eigenvalue weighted by Crippen LogP contribution is -2.28. The third-order valence-electron chi connectivity index (χ3n) is 4.31. The molecule has 142 valence electrons. The van der Waals surface area contributed by atoms with Crippen molar-refractivity contribution >= 4 is 11.5 Å². The zero-order valence-electron chi connectivity index (χ0n) is 15.3. The van der Waals surface area contributed by atoms with Crippen LogP contribution in [-0.4, -0.2) is 43.4 Å². The van der Waals surface area contributed by atoms with Gasteiger partial charge in [0.15, 0.2) is 0 Å². The van der Waals surface area contributed by atoms with E-state index in [1.165, 1.54) is 0 Å². The van der Waals surface area contributed by atoms with Gasteiger partial charge < -0.3 is 24.6 Å². The minimum Gasteiger partial charge on any atom is -0.497 e. The van der Waals surface area contributed by atoms with E-state index in [4.69, 9.17) is 14.2 Å². The van der Waals surface area contributed by atoms with Crippen molar-refractivity contribution in [1.29, 1.82) is 0 Å². The van der Waals surface area contributed by atoms with Crippen LogP contribution in [0.2, 0.25) is 0 Å². The van der Waals surface area contributed by atoms with E-state index in [1.807, 2.05) is 24.3 Å². The van der Waals surface area contributed by atoms with Gasteiger partial charge in [0.2, 0.25) is 5.88 Å². The molecule has 0 bridgehead atoms. The average molecular weight is 370 g/mol. The third-order valence-corrected chi connectivity index (χ3v) is 4.31. The van der Waals surface area contributed by atoms with Crippen LogP contribution in [-0.2, 0) is 11.4 Å². The molecule has 2 aromatic rings. The number of benzene rings is 1. The Kier molecular flexibility index (Phi) is 5.93. The summed E-state index contributed by atoms with van der Waals surface area (Å²) in [5.41, 5.74) is 2.61. The van der Waals surface area contributed by atoms with E-state index < -0.39 is 5.97 Å². The molecule has 0 amide bonds. The highest BCUT2D eigenvalue weighted by Crippen LogP contribution is 2.26. The molecule has 0 unspecified atom stereocenters. The number of rotatable bonds is 7. The lowest BCUT2D eigenvalue weighted by molar-refractivity contribution is -0.132. The number of ether oxygens (including phenoxy) is 3. The summed E-state index contributed by atoms with van der Waals surface area (Å²) >= 11 is 0. The highest BCUT2D eigenvalue weighted by atomic mass is 16.5. The van der Waals surface area contributed by atoms with Crippen LogP contribution in [0.5, 0.6) is 17.4 Å². The van der Waals surface area contributed by atoms with E-state index in [0.29, 0.717) is 41.6 Å². The fourth-order valence-electron chi connectivity index (χ4n) is 2.94. The molecular formula is C20H22N2O5. The first-order valence-corrected chi connectivity index (χ1v) is 8.59. The Hall–Kier alpha value is -3.06. The first-order chi connectivity index (χ1) is 13.1. The van der Waals surface area contributed by atoms with Gasteiger partial charge in [-0.05, 0) is 42.3 Å². The highest BCUT2D eigenvalue weighted by molar-refractivity contribution is 5.96. The number of aromatic nitrogens is 1. The Morgan fingerprint density at radius 2 is 1.93 bits per heavy atom. The Morgan fingerprint density at radius 3 is 2.59 bits per heavy atom. The standard InChI is InChI=1S/C20H22N2O5/c1-25-14-8-13(9-15(10-14)26-2)12-27-19-5-3-4-18(22-19)16-6-7-21-11-17(16)20(23)24/h3-5,8-10,21H,6-7,11-12H2,1-2H3,(H,23,24). The number of methoxy groups -OCH3 is 2. The van der Waals surface area contributed by atoms with Crippen LogP contribution in [0.3, 0.4) is 0 Å². The van der Waals surface area contributed by atoms with Crippen LogP contribution < -0.4 is 19.5 Å². The average Bonchev–Trinajstić information content (AvgIpc) is 2.72. The minimum atomic E-state index is -0.922. The largest absolute Gasteiger partial charge is 0.497 e. The molecule has 0 saturated heterocycles. The van der Waals surface area contributed by atoms with Gasteiger partial charge in [0.25, 0.3) is 0 Å². The van der Waals surface area contributed by atoms with Gasteiger partial charge in [-0.25, -0.2) is 9.78 Å². The minimum absolute atomic E-state index is 0.288. The zero-order chi connectivity index (χ0) is 19.2. The molecule has 7 heteroatoms. The summed E-state index contributed by atoms with van der Waals surface area (Å²) in [7, 11) is 3.19. The first-order valence-electron chi connectivity index (χ1n) is 8.59. The number of hydrogen-bond acceptors (Lipinski definition) is 6. The molecule has 7 nitrogen and oxygen atoms in total. The molecule has 0 aliphatic carbocycles. The topological polar surface area (TPSA) is 89.9 Å². The number of aliphatic carboxylic acids is 1. The quantitative estimate of drug-likeness (QED) is 0.774. The summed E-state index contributed by atoms with van der Waals surface area (Å²) in [5.74, 6) is 0.875. The van der Waals surface area contributed by atoms with Crippen molar-refractivity contribution in [3.05, 3.63) is 53.2 Å². The molecular weight excluding hydrogens is 348 g/mol. The van der Waals surface area contributed by atoms with E-state index in [0.717, 1.165) is 17.7 Å².